The number of hydrogen-bond donors (Lipinski definition) is 0. The molecule has 0 N–H and O–H groups in total. The molecule has 0 aromatic rings. The normalized spacial score (nSPS) is 19.8. The lowest BCUT2D eigenvalue weighted by Crippen LogP contribution is -2.24. The van der Waals surface area contributed by atoms with Crippen molar-refractivity contribution in [2.24, 2.45) is 4.99 Å². The lowest BCUT2D eigenvalue weighted by atomic mass is 10.2. The molecule has 1 aliphatic heterocycles. The van der Waals surface area contributed by atoms with Crippen LogP contribution < -0.4 is 0 Å². The van der Waals surface area contributed by atoms with E-state index in [1.54, 1.807) is 6.34 Å². The molecule has 0 spiro atoms. The third-order valence-corrected chi connectivity index (χ3v) is 2.58. The molecule has 3 nitrogen and oxygen atoms in total. The van der Waals surface area contributed by atoms with Crippen molar-refractivity contribution < 1.29 is 4.79 Å². The van der Waals surface area contributed by atoms with Gasteiger partial charge in [0.25, 0.3) is 0 Å². The first kappa shape index (κ1) is 10.6. The zero-order valence-corrected chi connectivity index (χ0v) is 9.26. The molecule has 2 aliphatic rings. The molecule has 82 valence electrons. The average molecular weight is 214 g/mol. The molecule has 1 aliphatic carbocycles. The van der Waals surface area contributed by atoms with Crippen LogP contribution in [0.2, 0.25) is 0 Å². The minimum atomic E-state index is 0.507. The topological polar surface area (TPSA) is 32.7 Å². The molecule has 0 saturated heterocycles. The first-order valence-corrected chi connectivity index (χ1v) is 5.30. The van der Waals surface area contributed by atoms with Crippen LogP contribution in [0.4, 0.5) is 0 Å². The van der Waals surface area contributed by atoms with Crippen LogP contribution in [0, 0.1) is 0 Å². The zero-order chi connectivity index (χ0) is 11.4. The van der Waals surface area contributed by atoms with Crippen LogP contribution in [-0.4, -0.2) is 24.1 Å². The van der Waals surface area contributed by atoms with E-state index in [4.69, 9.17) is 0 Å². The predicted molar refractivity (Wildman–Crippen MR) is 64.9 cm³/mol. The average Bonchev–Trinajstić information content (AvgIpc) is 2.54. The Labute approximate surface area is 95.2 Å². The number of hydrogen-bond acceptors (Lipinski definition) is 3. The summed E-state index contributed by atoms with van der Waals surface area (Å²) < 4.78 is 0. The molecule has 3 heteroatoms. The molecule has 2 rings (SSSR count). The molecule has 0 atom stereocenters. The zero-order valence-electron chi connectivity index (χ0n) is 9.26. The second-order valence-electron chi connectivity index (χ2n) is 3.82. The lowest BCUT2D eigenvalue weighted by molar-refractivity contribution is -0.105. The van der Waals surface area contributed by atoms with E-state index in [2.05, 4.69) is 36.2 Å². The van der Waals surface area contributed by atoms with Gasteiger partial charge in [-0.2, -0.15) is 0 Å². The second kappa shape index (κ2) is 4.75. The van der Waals surface area contributed by atoms with Gasteiger partial charge >= 0.3 is 0 Å². The number of rotatable bonds is 2. The Kier molecular flexibility index (Phi) is 3.15. The Hall–Kier alpha value is -1.90. The number of aliphatic imine (C=N–C) groups is 1. The maximum Gasteiger partial charge on any atom is 0.168 e. The number of nitrogens with zero attached hydrogens (tertiary/aromatic N) is 2. The number of carbonyl (C=O) groups is 1. The molecule has 0 fully saturated rings. The number of aldehydes is 1. The third kappa shape index (κ3) is 2.37. The number of carbonyl (C=O) groups excluding carboxylic acids is 1. The first-order chi connectivity index (χ1) is 7.79. The molecule has 0 unspecified atom stereocenters. The lowest BCUT2D eigenvalue weighted by Gasteiger charge is -2.22. The van der Waals surface area contributed by atoms with Crippen molar-refractivity contribution in [3.63, 3.8) is 0 Å². The molecular weight excluding hydrogens is 200 g/mol. The van der Waals surface area contributed by atoms with E-state index < -0.39 is 0 Å². The van der Waals surface area contributed by atoms with E-state index in [-0.39, 0.29) is 0 Å². The van der Waals surface area contributed by atoms with Crippen molar-refractivity contribution in [2.45, 2.75) is 13.3 Å². The summed E-state index contributed by atoms with van der Waals surface area (Å²) in [4.78, 5) is 16.6. The Morgan fingerprint density at radius 2 is 2.31 bits per heavy atom. The molecule has 0 amide bonds. The maximum atomic E-state index is 10.5. The summed E-state index contributed by atoms with van der Waals surface area (Å²) in [5.41, 5.74) is 2.94. The van der Waals surface area contributed by atoms with E-state index in [1.165, 1.54) is 11.3 Å². The van der Waals surface area contributed by atoms with Gasteiger partial charge in [0, 0.05) is 18.7 Å². The van der Waals surface area contributed by atoms with Gasteiger partial charge in [-0.3, -0.25) is 4.79 Å². The molecule has 0 bridgehead atoms. The summed E-state index contributed by atoms with van der Waals surface area (Å²) in [5, 5.41) is 0. The van der Waals surface area contributed by atoms with Crippen molar-refractivity contribution in [3.05, 3.63) is 47.3 Å². The Morgan fingerprint density at radius 3 is 3.00 bits per heavy atom. The number of allylic oxidation sites excluding steroid dienone is 6. The molecule has 0 saturated carbocycles. The van der Waals surface area contributed by atoms with Gasteiger partial charge in [-0.25, -0.2) is 4.99 Å². The summed E-state index contributed by atoms with van der Waals surface area (Å²) in [5.74, 6) is 0. The van der Waals surface area contributed by atoms with Gasteiger partial charge in [-0.15, -0.1) is 0 Å². The summed E-state index contributed by atoms with van der Waals surface area (Å²) >= 11 is 0. The molecule has 0 aromatic heterocycles. The molecule has 0 radical (unpaired) electrons. The highest BCUT2D eigenvalue weighted by molar-refractivity contribution is 5.78. The third-order valence-electron chi connectivity index (χ3n) is 2.58. The van der Waals surface area contributed by atoms with Gasteiger partial charge in [-0.05, 0) is 19.1 Å². The first-order valence-electron chi connectivity index (χ1n) is 5.30. The fourth-order valence-corrected chi connectivity index (χ4v) is 1.63. The van der Waals surface area contributed by atoms with E-state index in [0.717, 1.165) is 12.7 Å². The summed E-state index contributed by atoms with van der Waals surface area (Å²) in [6.07, 6.45) is 13.7. The standard InChI is InChI=1S/C13H14N2O/c1-11-3-2-4-13(6-5-11)15-8-7-12(9-16)14-10-15/h2-3,5-7,9-10H,4,8H2,1H3. The summed E-state index contributed by atoms with van der Waals surface area (Å²) in [7, 11) is 0. The van der Waals surface area contributed by atoms with Gasteiger partial charge in [0.15, 0.2) is 6.29 Å². The molecule has 1 heterocycles. The van der Waals surface area contributed by atoms with E-state index in [1.807, 2.05) is 11.0 Å². The largest absolute Gasteiger partial charge is 0.332 e. The van der Waals surface area contributed by atoms with Crippen LogP contribution >= 0.6 is 0 Å². The van der Waals surface area contributed by atoms with Crippen molar-refractivity contribution in [1.82, 2.24) is 4.90 Å². The maximum absolute atomic E-state index is 10.5. The van der Waals surface area contributed by atoms with E-state index in [0.29, 0.717) is 12.2 Å². The second-order valence-corrected chi connectivity index (χ2v) is 3.82. The highest BCUT2D eigenvalue weighted by atomic mass is 16.1. The van der Waals surface area contributed by atoms with Gasteiger partial charge < -0.3 is 4.90 Å². The van der Waals surface area contributed by atoms with Gasteiger partial charge in [0.2, 0.25) is 0 Å². The molecular formula is C13H14N2O. The van der Waals surface area contributed by atoms with Crippen molar-refractivity contribution in [2.75, 3.05) is 6.54 Å². The fourth-order valence-electron chi connectivity index (χ4n) is 1.63. The molecule has 0 aromatic carbocycles. The fraction of sp³-hybridized carbons (Fsp3) is 0.231. The minimum absolute atomic E-state index is 0.507. The Balaban J connectivity index is 2.11. The van der Waals surface area contributed by atoms with Crippen molar-refractivity contribution >= 4 is 12.6 Å². The monoisotopic (exact) mass is 214 g/mol. The Bertz CT molecular complexity index is 439. The SMILES string of the molecule is CC1=CC=C(N2C=NC(C=O)=CC2)CC=C1. The smallest absolute Gasteiger partial charge is 0.168 e. The highest BCUT2D eigenvalue weighted by Gasteiger charge is 2.09. The predicted octanol–water partition coefficient (Wildman–Crippen LogP) is 2.20. The minimum Gasteiger partial charge on any atom is -0.332 e. The van der Waals surface area contributed by atoms with Crippen LogP contribution in [0.5, 0.6) is 0 Å². The van der Waals surface area contributed by atoms with Crippen molar-refractivity contribution in [1.29, 1.82) is 0 Å². The van der Waals surface area contributed by atoms with Crippen LogP contribution in [0.3, 0.4) is 0 Å². The quantitative estimate of drug-likeness (QED) is 0.660. The van der Waals surface area contributed by atoms with Crippen molar-refractivity contribution in [3.8, 4) is 0 Å². The Morgan fingerprint density at radius 1 is 1.44 bits per heavy atom. The van der Waals surface area contributed by atoms with Crippen LogP contribution in [0.15, 0.2) is 52.3 Å². The highest BCUT2D eigenvalue weighted by Crippen LogP contribution is 2.16. The van der Waals surface area contributed by atoms with Gasteiger partial charge in [-0.1, -0.05) is 23.8 Å². The van der Waals surface area contributed by atoms with Gasteiger partial charge in [0.05, 0.1) is 6.34 Å². The van der Waals surface area contributed by atoms with E-state index in [9.17, 15) is 4.79 Å². The van der Waals surface area contributed by atoms with Crippen LogP contribution in [0.1, 0.15) is 13.3 Å². The van der Waals surface area contributed by atoms with Gasteiger partial charge in [0.1, 0.15) is 5.70 Å². The molecule has 16 heavy (non-hydrogen) atoms. The van der Waals surface area contributed by atoms with E-state index >= 15 is 0 Å². The van der Waals surface area contributed by atoms with Crippen LogP contribution in [-0.2, 0) is 4.79 Å². The summed E-state index contributed by atoms with van der Waals surface area (Å²) in [6, 6.07) is 0. The van der Waals surface area contributed by atoms with Crippen LogP contribution in [0.25, 0.3) is 0 Å². The summed E-state index contributed by atoms with van der Waals surface area (Å²) in [6.45, 7) is 2.79.